The Labute approximate surface area is 164 Å². The van der Waals surface area contributed by atoms with E-state index in [0.717, 1.165) is 22.8 Å². The van der Waals surface area contributed by atoms with Gasteiger partial charge in [-0.3, -0.25) is 0 Å². The summed E-state index contributed by atoms with van der Waals surface area (Å²) in [5.41, 5.74) is 2.75. The number of aromatic amines is 1. The minimum Gasteiger partial charge on any atom is -0.477 e. The Bertz CT molecular complexity index is 1210. The lowest BCUT2D eigenvalue weighted by Crippen LogP contribution is -1.96. The maximum Gasteiger partial charge on any atom is 0.342 e. The van der Waals surface area contributed by atoms with Crippen molar-refractivity contribution in [3.05, 3.63) is 76.9 Å². The molecule has 4 aromatic rings. The van der Waals surface area contributed by atoms with Crippen LogP contribution in [0.25, 0.3) is 28.4 Å². The second kappa shape index (κ2) is 7.47. The summed E-state index contributed by atoms with van der Waals surface area (Å²) in [6.45, 7) is 0. The maximum absolute atomic E-state index is 11.7. The molecule has 0 fully saturated rings. The summed E-state index contributed by atoms with van der Waals surface area (Å²) in [5.74, 6) is -0.202. The number of nitrogens with one attached hydrogen (secondary N) is 1. The average Bonchev–Trinajstić information content (AvgIpc) is 3.33. The van der Waals surface area contributed by atoms with Gasteiger partial charge in [0.1, 0.15) is 16.4 Å². The summed E-state index contributed by atoms with van der Waals surface area (Å²) >= 11 is 1.01. The number of hydrogen-bond donors (Lipinski definition) is 2. The first kappa shape index (κ1) is 17.6. The van der Waals surface area contributed by atoms with Crippen molar-refractivity contribution < 1.29 is 14.3 Å². The highest BCUT2D eigenvalue weighted by Gasteiger charge is 2.15. The molecule has 136 valence electrons. The van der Waals surface area contributed by atoms with Gasteiger partial charge in [-0.15, -0.1) is 0 Å². The third kappa shape index (κ3) is 3.54. The topological polar surface area (TPSA) is 103 Å². The van der Waals surface area contributed by atoms with Gasteiger partial charge in [0.25, 0.3) is 0 Å². The van der Waals surface area contributed by atoms with Gasteiger partial charge in [-0.2, -0.15) is 5.26 Å². The van der Waals surface area contributed by atoms with Gasteiger partial charge in [0.15, 0.2) is 5.16 Å². The van der Waals surface area contributed by atoms with Crippen molar-refractivity contribution >= 4 is 34.8 Å². The first-order chi connectivity index (χ1) is 13.6. The Balaban J connectivity index is 1.64. The number of imidazole rings is 1. The molecule has 4 rings (SSSR count). The van der Waals surface area contributed by atoms with E-state index in [-0.39, 0.29) is 4.91 Å². The minimum absolute atomic E-state index is 0.0634. The standard InChI is InChI=1S/C21H13N3O3S/c22-12-13-5-1-2-6-15(13)18-10-9-14(27-18)11-19(20(25)26)28-21-23-16-7-3-4-8-17(16)24-21/h1-11H,(H,23,24)(H,25,26)/b19-11-. The van der Waals surface area contributed by atoms with E-state index in [1.54, 1.807) is 30.3 Å². The SMILES string of the molecule is N#Cc1ccccc1-c1ccc(/C=C(\Sc2nc3ccccc3[nH]2)C(=O)O)o1. The van der Waals surface area contributed by atoms with Gasteiger partial charge in [0, 0.05) is 11.6 Å². The number of para-hydroxylation sites is 2. The van der Waals surface area contributed by atoms with Crippen molar-refractivity contribution in [2.75, 3.05) is 0 Å². The van der Waals surface area contributed by atoms with Gasteiger partial charge >= 0.3 is 5.97 Å². The molecule has 2 heterocycles. The average molecular weight is 387 g/mol. The van der Waals surface area contributed by atoms with Crippen LogP contribution in [-0.4, -0.2) is 21.0 Å². The Hall–Kier alpha value is -3.76. The second-order valence-electron chi connectivity index (χ2n) is 5.83. The van der Waals surface area contributed by atoms with Crippen LogP contribution in [-0.2, 0) is 4.79 Å². The lowest BCUT2D eigenvalue weighted by Gasteiger charge is -2.00. The zero-order valence-electron chi connectivity index (χ0n) is 14.4. The van der Waals surface area contributed by atoms with E-state index < -0.39 is 5.97 Å². The van der Waals surface area contributed by atoms with E-state index in [1.165, 1.54) is 6.08 Å². The number of H-pyrrole nitrogens is 1. The van der Waals surface area contributed by atoms with Gasteiger partial charge in [-0.25, -0.2) is 9.78 Å². The quantitative estimate of drug-likeness (QED) is 0.372. The van der Waals surface area contributed by atoms with Gasteiger partial charge < -0.3 is 14.5 Å². The summed E-state index contributed by atoms with van der Waals surface area (Å²) in [6, 6.07) is 20.1. The van der Waals surface area contributed by atoms with Crippen molar-refractivity contribution in [3.63, 3.8) is 0 Å². The molecule has 7 heteroatoms. The van der Waals surface area contributed by atoms with E-state index in [9.17, 15) is 15.2 Å². The molecule has 0 amide bonds. The van der Waals surface area contributed by atoms with Crippen LogP contribution < -0.4 is 0 Å². The fourth-order valence-electron chi connectivity index (χ4n) is 2.72. The normalized spacial score (nSPS) is 11.5. The molecular formula is C21H13N3O3S. The van der Waals surface area contributed by atoms with E-state index in [2.05, 4.69) is 16.0 Å². The van der Waals surface area contributed by atoms with Gasteiger partial charge in [0.2, 0.25) is 0 Å². The van der Waals surface area contributed by atoms with Crippen molar-refractivity contribution in [1.29, 1.82) is 5.26 Å². The van der Waals surface area contributed by atoms with Crippen LogP contribution in [0.2, 0.25) is 0 Å². The number of furan rings is 1. The van der Waals surface area contributed by atoms with Crippen molar-refractivity contribution in [2.24, 2.45) is 0 Å². The monoisotopic (exact) mass is 387 g/mol. The number of fused-ring (bicyclic) bond motifs is 1. The number of nitrogens with zero attached hydrogens (tertiary/aromatic N) is 2. The zero-order valence-corrected chi connectivity index (χ0v) is 15.2. The summed E-state index contributed by atoms with van der Waals surface area (Å²) in [7, 11) is 0. The lowest BCUT2D eigenvalue weighted by molar-refractivity contribution is -0.131. The molecule has 0 aliphatic carbocycles. The number of carboxylic acid groups (broad SMARTS) is 1. The number of thioether (sulfide) groups is 1. The molecule has 0 unspecified atom stereocenters. The summed E-state index contributed by atoms with van der Waals surface area (Å²) in [4.78, 5) is 19.2. The van der Waals surface area contributed by atoms with Crippen LogP contribution in [0.3, 0.4) is 0 Å². The number of aliphatic carboxylic acids is 1. The maximum atomic E-state index is 11.7. The predicted molar refractivity (Wildman–Crippen MR) is 106 cm³/mol. The van der Waals surface area contributed by atoms with E-state index in [1.807, 2.05) is 30.3 Å². The molecule has 0 bridgehead atoms. The van der Waals surface area contributed by atoms with Gasteiger partial charge in [-0.05, 0) is 48.2 Å². The van der Waals surface area contributed by atoms with E-state index in [0.29, 0.717) is 27.8 Å². The number of carbonyl (C=O) groups is 1. The van der Waals surface area contributed by atoms with E-state index >= 15 is 0 Å². The molecule has 2 aromatic heterocycles. The van der Waals surface area contributed by atoms with Crippen LogP contribution in [0.15, 0.2) is 75.1 Å². The molecule has 0 saturated carbocycles. The largest absolute Gasteiger partial charge is 0.477 e. The number of rotatable bonds is 5. The number of benzene rings is 2. The second-order valence-corrected chi connectivity index (χ2v) is 6.86. The van der Waals surface area contributed by atoms with Crippen LogP contribution in [0.4, 0.5) is 0 Å². The highest BCUT2D eigenvalue weighted by Crippen LogP contribution is 2.30. The molecule has 28 heavy (non-hydrogen) atoms. The molecule has 0 aliphatic heterocycles. The fraction of sp³-hybridized carbons (Fsp3) is 0. The predicted octanol–water partition coefficient (Wildman–Crippen LogP) is 4.91. The smallest absolute Gasteiger partial charge is 0.342 e. The lowest BCUT2D eigenvalue weighted by atomic mass is 10.1. The number of nitriles is 1. The number of hydrogen-bond acceptors (Lipinski definition) is 5. The molecule has 2 N–H and O–H groups in total. The minimum atomic E-state index is -1.08. The summed E-state index contributed by atoms with van der Waals surface area (Å²) < 4.78 is 5.75. The third-order valence-corrected chi connectivity index (χ3v) is 4.90. The van der Waals surface area contributed by atoms with Crippen LogP contribution in [0.5, 0.6) is 0 Å². The van der Waals surface area contributed by atoms with Gasteiger partial charge in [0.05, 0.1) is 22.7 Å². The van der Waals surface area contributed by atoms with Crippen LogP contribution in [0.1, 0.15) is 11.3 Å². The Kier molecular flexibility index (Phi) is 4.70. The zero-order chi connectivity index (χ0) is 19.5. The third-order valence-electron chi connectivity index (χ3n) is 4.00. The molecule has 0 radical (unpaired) electrons. The Morgan fingerprint density at radius 3 is 2.71 bits per heavy atom. The molecule has 0 atom stereocenters. The first-order valence-corrected chi connectivity index (χ1v) is 9.12. The fourth-order valence-corrected chi connectivity index (χ4v) is 3.49. The Morgan fingerprint density at radius 1 is 1.14 bits per heavy atom. The molecule has 6 nitrogen and oxygen atoms in total. The molecular weight excluding hydrogens is 374 g/mol. The van der Waals surface area contributed by atoms with Gasteiger partial charge in [-0.1, -0.05) is 24.3 Å². The van der Waals surface area contributed by atoms with Crippen LogP contribution >= 0.6 is 11.8 Å². The number of aromatic nitrogens is 2. The van der Waals surface area contributed by atoms with Crippen molar-refractivity contribution in [1.82, 2.24) is 9.97 Å². The van der Waals surface area contributed by atoms with Crippen molar-refractivity contribution in [2.45, 2.75) is 5.16 Å². The molecule has 0 aliphatic rings. The number of carboxylic acids is 1. The Morgan fingerprint density at radius 2 is 1.93 bits per heavy atom. The molecule has 0 spiro atoms. The van der Waals surface area contributed by atoms with Crippen molar-refractivity contribution in [3.8, 4) is 17.4 Å². The highest BCUT2D eigenvalue weighted by molar-refractivity contribution is 8.04. The highest BCUT2D eigenvalue weighted by atomic mass is 32.2. The van der Waals surface area contributed by atoms with E-state index in [4.69, 9.17) is 4.42 Å². The summed E-state index contributed by atoms with van der Waals surface area (Å²) in [5, 5.41) is 19.3. The first-order valence-electron chi connectivity index (χ1n) is 8.31. The summed E-state index contributed by atoms with van der Waals surface area (Å²) in [6.07, 6.45) is 1.44. The molecule has 2 aromatic carbocycles. The molecule has 0 saturated heterocycles. The van der Waals surface area contributed by atoms with Crippen LogP contribution in [0, 0.1) is 11.3 Å².